The van der Waals surface area contributed by atoms with Gasteiger partial charge in [0.2, 0.25) is 0 Å². The molecule has 0 atom stereocenters. The van der Waals surface area contributed by atoms with Crippen molar-refractivity contribution in [3.05, 3.63) is 65.2 Å². The minimum absolute atomic E-state index is 0.136. The topological polar surface area (TPSA) is 105 Å². The second kappa shape index (κ2) is 11.0. The Balaban J connectivity index is 1.89. The van der Waals surface area contributed by atoms with Gasteiger partial charge in [0.25, 0.3) is 0 Å². The minimum atomic E-state index is -1.09. The molecule has 0 saturated carbocycles. The van der Waals surface area contributed by atoms with Crippen LogP contribution in [0.1, 0.15) is 23.1 Å². The molecule has 0 aliphatic heterocycles. The number of nitrogens with one attached hydrogen (secondary N) is 1. The number of carboxylic acids is 1. The van der Waals surface area contributed by atoms with E-state index in [0.29, 0.717) is 17.5 Å². The SMILES string of the molecule is COc1cc(C=CC(=O)O)cc(C#CCCNC(=O)OCc2ccccc2)c1O. The van der Waals surface area contributed by atoms with Crippen LogP contribution in [0.4, 0.5) is 4.79 Å². The average Bonchev–Trinajstić information content (AvgIpc) is 2.72. The zero-order chi connectivity index (χ0) is 21.1. The average molecular weight is 395 g/mol. The maximum Gasteiger partial charge on any atom is 0.407 e. The van der Waals surface area contributed by atoms with Crippen LogP contribution in [-0.2, 0) is 16.1 Å². The van der Waals surface area contributed by atoms with Crippen LogP contribution in [0.2, 0.25) is 0 Å². The number of hydrogen-bond donors (Lipinski definition) is 3. The van der Waals surface area contributed by atoms with Crippen molar-refractivity contribution in [1.82, 2.24) is 5.32 Å². The summed E-state index contributed by atoms with van der Waals surface area (Å²) in [4.78, 5) is 22.3. The summed E-state index contributed by atoms with van der Waals surface area (Å²) in [7, 11) is 1.39. The van der Waals surface area contributed by atoms with Crippen molar-refractivity contribution >= 4 is 18.1 Å². The number of aromatic hydroxyl groups is 1. The molecule has 150 valence electrons. The first-order chi connectivity index (χ1) is 14.0. The molecule has 2 aromatic rings. The number of benzene rings is 2. The van der Waals surface area contributed by atoms with Gasteiger partial charge in [-0.15, -0.1) is 0 Å². The predicted octanol–water partition coefficient (Wildman–Crippen LogP) is 3.17. The number of amides is 1. The number of carbonyl (C=O) groups is 2. The molecule has 0 aromatic heterocycles. The van der Waals surface area contributed by atoms with Crippen LogP contribution in [0, 0.1) is 11.8 Å². The third-order valence-corrected chi connectivity index (χ3v) is 3.69. The lowest BCUT2D eigenvalue weighted by Gasteiger charge is -2.07. The van der Waals surface area contributed by atoms with Gasteiger partial charge in [-0.05, 0) is 29.3 Å². The van der Waals surface area contributed by atoms with Gasteiger partial charge in [0, 0.05) is 19.0 Å². The summed E-state index contributed by atoms with van der Waals surface area (Å²) >= 11 is 0. The maximum absolute atomic E-state index is 11.7. The van der Waals surface area contributed by atoms with Gasteiger partial charge >= 0.3 is 12.1 Å². The van der Waals surface area contributed by atoms with Crippen molar-refractivity contribution < 1.29 is 29.3 Å². The first-order valence-electron chi connectivity index (χ1n) is 8.75. The molecule has 7 nitrogen and oxygen atoms in total. The molecule has 0 fully saturated rings. The summed E-state index contributed by atoms with van der Waals surface area (Å²) in [6.45, 7) is 0.458. The lowest BCUT2D eigenvalue weighted by atomic mass is 10.1. The van der Waals surface area contributed by atoms with Crippen molar-refractivity contribution in [1.29, 1.82) is 0 Å². The fourth-order valence-corrected chi connectivity index (χ4v) is 2.30. The number of aliphatic carboxylic acids is 1. The number of hydrogen-bond acceptors (Lipinski definition) is 5. The highest BCUT2D eigenvalue weighted by Crippen LogP contribution is 2.31. The fourth-order valence-electron chi connectivity index (χ4n) is 2.30. The van der Waals surface area contributed by atoms with Gasteiger partial charge in [-0.2, -0.15) is 0 Å². The summed E-state index contributed by atoms with van der Waals surface area (Å²) in [6, 6.07) is 12.4. The van der Waals surface area contributed by atoms with E-state index in [1.54, 1.807) is 6.07 Å². The molecule has 0 unspecified atom stereocenters. The van der Waals surface area contributed by atoms with Crippen molar-refractivity contribution in [2.24, 2.45) is 0 Å². The zero-order valence-corrected chi connectivity index (χ0v) is 15.8. The molecule has 7 heteroatoms. The first kappa shape index (κ1) is 21.4. The van der Waals surface area contributed by atoms with Crippen molar-refractivity contribution in [3.63, 3.8) is 0 Å². The van der Waals surface area contributed by atoms with E-state index < -0.39 is 12.1 Å². The predicted molar refractivity (Wildman–Crippen MR) is 107 cm³/mol. The number of carboxylic acid groups (broad SMARTS) is 1. The summed E-state index contributed by atoms with van der Waals surface area (Å²) in [6.07, 6.45) is 2.14. The smallest absolute Gasteiger partial charge is 0.407 e. The molecule has 29 heavy (non-hydrogen) atoms. The molecule has 0 bridgehead atoms. The van der Waals surface area contributed by atoms with Gasteiger partial charge in [0.05, 0.1) is 12.7 Å². The highest BCUT2D eigenvalue weighted by atomic mass is 16.5. The third kappa shape index (κ3) is 7.31. The first-order valence-corrected chi connectivity index (χ1v) is 8.75. The second-order valence-electron chi connectivity index (χ2n) is 5.83. The van der Waals surface area contributed by atoms with Crippen LogP contribution in [0.25, 0.3) is 6.08 Å². The minimum Gasteiger partial charge on any atom is -0.503 e. The molecule has 2 rings (SSSR count). The molecule has 0 aliphatic carbocycles. The van der Waals surface area contributed by atoms with Crippen molar-refractivity contribution in [2.75, 3.05) is 13.7 Å². The molecule has 2 aromatic carbocycles. The Bertz CT molecular complexity index is 941. The standard InChI is InChI=1S/C22H21NO6/c1-28-19-14-17(10-11-20(24)25)13-18(21(19)26)9-5-6-12-23-22(27)29-15-16-7-3-2-4-8-16/h2-4,7-8,10-11,13-14,26H,6,12,15H2,1H3,(H,23,27)(H,24,25). The van der Waals surface area contributed by atoms with E-state index in [-0.39, 0.29) is 24.7 Å². The highest BCUT2D eigenvalue weighted by molar-refractivity contribution is 5.85. The number of methoxy groups -OCH3 is 1. The Morgan fingerprint density at radius 1 is 1.21 bits per heavy atom. The lowest BCUT2D eigenvalue weighted by Crippen LogP contribution is -2.24. The van der Waals surface area contributed by atoms with Gasteiger partial charge in [-0.3, -0.25) is 0 Å². The molecular formula is C22H21NO6. The van der Waals surface area contributed by atoms with Crippen LogP contribution >= 0.6 is 0 Å². The van der Waals surface area contributed by atoms with Crippen molar-refractivity contribution in [3.8, 4) is 23.3 Å². The summed E-state index contributed by atoms with van der Waals surface area (Å²) in [5.74, 6) is 4.59. The molecule has 0 heterocycles. The van der Waals surface area contributed by atoms with Gasteiger partial charge in [0.15, 0.2) is 11.5 Å². The molecular weight excluding hydrogens is 374 g/mol. The molecule has 3 N–H and O–H groups in total. The Hall–Kier alpha value is -3.92. The third-order valence-electron chi connectivity index (χ3n) is 3.69. The van der Waals surface area contributed by atoms with E-state index in [1.165, 1.54) is 19.3 Å². The Labute approximate surface area is 168 Å². The summed E-state index contributed by atoms with van der Waals surface area (Å²) in [5, 5.41) is 21.5. The van der Waals surface area contributed by atoms with E-state index in [0.717, 1.165) is 11.6 Å². The summed E-state index contributed by atoms with van der Waals surface area (Å²) < 4.78 is 10.2. The Morgan fingerprint density at radius 3 is 2.66 bits per heavy atom. The maximum atomic E-state index is 11.7. The van der Waals surface area contributed by atoms with E-state index in [4.69, 9.17) is 14.6 Å². The number of carbonyl (C=O) groups excluding carboxylic acids is 1. The number of rotatable bonds is 7. The van der Waals surface area contributed by atoms with E-state index in [1.807, 2.05) is 30.3 Å². The quantitative estimate of drug-likeness (QED) is 0.378. The van der Waals surface area contributed by atoms with Crippen LogP contribution in [0.5, 0.6) is 11.5 Å². The van der Waals surface area contributed by atoms with Crippen LogP contribution in [-0.4, -0.2) is 35.9 Å². The second-order valence-corrected chi connectivity index (χ2v) is 5.83. The molecule has 0 aliphatic rings. The Morgan fingerprint density at radius 2 is 1.97 bits per heavy atom. The monoisotopic (exact) mass is 395 g/mol. The van der Waals surface area contributed by atoms with Gasteiger partial charge < -0.3 is 25.0 Å². The number of phenolic OH excluding ortho intramolecular Hbond substituents is 1. The molecule has 0 saturated heterocycles. The highest BCUT2D eigenvalue weighted by Gasteiger charge is 2.08. The van der Waals surface area contributed by atoms with Gasteiger partial charge in [-0.25, -0.2) is 9.59 Å². The lowest BCUT2D eigenvalue weighted by molar-refractivity contribution is -0.131. The fraction of sp³-hybridized carbons (Fsp3) is 0.182. The largest absolute Gasteiger partial charge is 0.503 e. The molecule has 0 radical (unpaired) electrons. The number of phenols is 1. The van der Waals surface area contributed by atoms with Crippen LogP contribution < -0.4 is 10.1 Å². The van der Waals surface area contributed by atoms with E-state index in [9.17, 15) is 14.7 Å². The number of alkyl carbamates (subject to hydrolysis) is 1. The van der Waals surface area contributed by atoms with E-state index in [2.05, 4.69) is 17.2 Å². The van der Waals surface area contributed by atoms with Crippen LogP contribution in [0.3, 0.4) is 0 Å². The Kier molecular flexibility index (Phi) is 8.14. The molecule has 1 amide bonds. The van der Waals surface area contributed by atoms with Crippen molar-refractivity contribution in [2.45, 2.75) is 13.0 Å². The van der Waals surface area contributed by atoms with E-state index >= 15 is 0 Å². The molecule has 0 spiro atoms. The normalized spacial score (nSPS) is 10.1. The van der Waals surface area contributed by atoms with Crippen LogP contribution in [0.15, 0.2) is 48.5 Å². The summed E-state index contributed by atoms with van der Waals surface area (Å²) in [5.41, 5.74) is 1.71. The number of ether oxygens (including phenoxy) is 2. The van der Waals surface area contributed by atoms with Gasteiger partial charge in [-0.1, -0.05) is 42.2 Å². The zero-order valence-electron chi connectivity index (χ0n) is 15.8. The van der Waals surface area contributed by atoms with Gasteiger partial charge in [0.1, 0.15) is 6.61 Å².